The van der Waals surface area contributed by atoms with E-state index in [1.807, 2.05) is 7.05 Å². The van der Waals surface area contributed by atoms with Gasteiger partial charge in [0.25, 0.3) is 5.56 Å². The van der Waals surface area contributed by atoms with Crippen LogP contribution in [-0.4, -0.2) is 45.7 Å². The van der Waals surface area contributed by atoms with Crippen LogP contribution in [-0.2, 0) is 6.30 Å². The monoisotopic (exact) mass is 471 g/mol. The van der Waals surface area contributed by atoms with Gasteiger partial charge in [0.15, 0.2) is 5.65 Å². The maximum atomic E-state index is 13.8. The smallest absolute Gasteiger partial charge is 0.489 e. The van der Waals surface area contributed by atoms with Gasteiger partial charge in [0.05, 0.1) is 5.56 Å². The summed E-state index contributed by atoms with van der Waals surface area (Å²) in [6.45, 7) is 5.40. The van der Waals surface area contributed by atoms with Crippen LogP contribution in [0, 0.1) is 17.8 Å². The molecule has 0 radical (unpaired) electrons. The minimum absolute atomic E-state index is 0.0563. The van der Waals surface area contributed by atoms with Gasteiger partial charge in [-0.25, -0.2) is 4.98 Å². The highest BCUT2D eigenvalue weighted by molar-refractivity contribution is 5.77. The molecule has 0 amide bonds. The SMILES string of the molecule is CC(C)C#Cc1cc2cnc(Nc3ccc(OC4CCN(C)C4)cc3)nc2n(C(F)(F)F)c1=O. The number of nitrogens with zero attached hydrogens (tertiary/aromatic N) is 4. The van der Waals surface area contributed by atoms with Crippen molar-refractivity contribution < 1.29 is 17.9 Å². The summed E-state index contributed by atoms with van der Waals surface area (Å²) in [5.74, 6) is 5.78. The van der Waals surface area contributed by atoms with Crippen molar-refractivity contribution in [1.82, 2.24) is 19.4 Å². The van der Waals surface area contributed by atoms with Crippen molar-refractivity contribution in [2.45, 2.75) is 32.7 Å². The Morgan fingerprint density at radius 1 is 1.24 bits per heavy atom. The van der Waals surface area contributed by atoms with E-state index in [1.54, 1.807) is 38.1 Å². The van der Waals surface area contributed by atoms with Gasteiger partial charge in [0.1, 0.15) is 11.9 Å². The third kappa shape index (κ3) is 5.31. The van der Waals surface area contributed by atoms with Crippen molar-refractivity contribution in [1.29, 1.82) is 0 Å². The van der Waals surface area contributed by atoms with E-state index in [-0.39, 0.29) is 33.5 Å². The molecule has 0 aliphatic carbocycles. The van der Waals surface area contributed by atoms with E-state index >= 15 is 0 Å². The van der Waals surface area contributed by atoms with Gasteiger partial charge < -0.3 is 15.0 Å². The lowest BCUT2D eigenvalue weighted by Gasteiger charge is -2.15. The fourth-order valence-electron chi connectivity index (χ4n) is 3.63. The van der Waals surface area contributed by atoms with Crippen LogP contribution < -0.4 is 15.6 Å². The third-order valence-electron chi connectivity index (χ3n) is 5.25. The zero-order chi connectivity index (χ0) is 24.5. The summed E-state index contributed by atoms with van der Waals surface area (Å²) in [6.07, 6.45) is -2.65. The second kappa shape index (κ2) is 9.35. The predicted octanol–water partition coefficient (Wildman–Crippen LogP) is 4.10. The number of aromatic nitrogens is 3. The molecule has 1 unspecified atom stereocenters. The predicted molar refractivity (Wildman–Crippen MR) is 123 cm³/mol. The maximum Gasteiger partial charge on any atom is 0.493 e. The number of ether oxygens (including phenoxy) is 1. The standard InChI is InChI=1S/C24H24F3N5O2/c1-15(2)4-5-16-12-17-13-28-23(30-21(17)32(22(16)33)24(25,26)27)29-18-6-8-19(9-7-18)34-20-10-11-31(3)14-20/h6-9,12-13,15,20H,10-11,14H2,1-3H3,(H,28,29,30). The molecule has 3 aromatic rings. The first-order chi connectivity index (χ1) is 16.1. The number of nitrogens with one attached hydrogen (secondary N) is 1. The van der Waals surface area contributed by atoms with Crippen LogP contribution in [0.1, 0.15) is 25.8 Å². The van der Waals surface area contributed by atoms with Crippen LogP contribution in [0.15, 0.2) is 41.3 Å². The van der Waals surface area contributed by atoms with Gasteiger partial charge in [-0.3, -0.25) is 4.79 Å². The fourth-order valence-corrected chi connectivity index (χ4v) is 3.63. The van der Waals surface area contributed by atoms with Crippen LogP contribution in [0.5, 0.6) is 5.75 Å². The Balaban J connectivity index is 1.62. The third-order valence-corrected chi connectivity index (χ3v) is 5.25. The van der Waals surface area contributed by atoms with Gasteiger partial charge in [0.2, 0.25) is 5.95 Å². The number of anilines is 2. The van der Waals surface area contributed by atoms with Gasteiger partial charge in [-0.05, 0) is 43.8 Å². The molecule has 1 aromatic carbocycles. The molecule has 1 atom stereocenters. The topological polar surface area (TPSA) is 72.3 Å². The molecule has 1 aliphatic heterocycles. The molecule has 1 aliphatic rings. The van der Waals surface area contributed by atoms with E-state index in [0.717, 1.165) is 19.5 Å². The minimum atomic E-state index is -4.97. The Labute approximate surface area is 194 Å². The Hall–Kier alpha value is -3.58. The first-order valence-corrected chi connectivity index (χ1v) is 10.8. The molecular formula is C24H24F3N5O2. The lowest BCUT2D eigenvalue weighted by molar-refractivity contribution is -0.203. The minimum Gasteiger partial charge on any atom is -0.489 e. The van der Waals surface area contributed by atoms with Crippen molar-refractivity contribution in [3.8, 4) is 17.6 Å². The number of hydrogen-bond donors (Lipinski definition) is 1. The van der Waals surface area contributed by atoms with Crippen LogP contribution in [0.25, 0.3) is 11.0 Å². The van der Waals surface area contributed by atoms with Gasteiger partial charge in [-0.1, -0.05) is 25.7 Å². The van der Waals surface area contributed by atoms with Gasteiger partial charge in [0, 0.05) is 36.3 Å². The summed E-state index contributed by atoms with van der Waals surface area (Å²) in [4.78, 5) is 22.8. The first-order valence-electron chi connectivity index (χ1n) is 10.8. The zero-order valence-corrected chi connectivity index (χ0v) is 19.0. The molecular weight excluding hydrogens is 447 g/mol. The van der Waals surface area contributed by atoms with E-state index in [4.69, 9.17) is 4.74 Å². The highest BCUT2D eigenvalue weighted by Gasteiger charge is 2.35. The summed E-state index contributed by atoms with van der Waals surface area (Å²) >= 11 is 0. The second-order valence-corrected chi connectivity index (χ2v) is 8.50. The summed E-state index contributed by atoms with van der Waals surface area (Å²) in [5.41, 5.74) is -1.50. The van der Waals surface area contributed by atoms with E-state index in [9.17, 15) is 18.0 Å². The molecule has 1 fully saturated rings. The van der Waals surface area contributed by atoms with Crippen molar-refractivity contribution in [2.24, 2.45) is 5.92 Å². The average Bonchev–Trinajstić information content (AvgIpc) is 3.17. The first kappa shape index (κ1) is 23.6. The summed E-state index contributed by atoms with van der Waals surface area (Å²) in [6, 6.07) is 8.28. The van der Waals surface area contributed by atoms with Crippen molar-refractivity contribution in [3.63, 3.8) is 0 Å². The van der Waals surface area contributed by atoms with Crippen molar-refractivity contribution in [2.75, 3.05) is 25.5 Å². The lowest BCUT2D eigenvalue weighted by Crippen LogP contribution is -2.33. The van der Waals surface area contributed by atoms with E-state index in [1.165, 1.54) is 12.3 Å². The lowest BCUT2D eigenvalue weighted by atomic mass is 10.2. The Bertz CT molecular complexity index is 1310. The number of rotatable bonds is 4. The van der Waals surface area contributed by atoms with Crippen LogP contribution in [0.4, 0.5) is 24.8 Å². The highest BCUT2D eigenvalue weighted by Crippen LogP contribution is 2.26. The molecule has 34 heavy (non-hydrogen) atoms. The second-order valence-electron chi connectivity index (χ2n) is 8.50. The number of fused-ring (bicyclic) bond motifs is 1. The van der Waals surface area contributed by atoms with E-state index < -0.39 is 17.5 Å². The molecule has 1 N–H and O–H groups in total. The molecule has 0 bridgehead atoms. The average molecular weight is 471 g/mol. The number of hydrogen-bond acceptors (Lipinski definition) is 6. The van der Waals surface area contributed by atoms with Gasteiger partial charge in [-0.2, -0.15) is 9.55 Å². The fraction of sp³-hybridized carbons (Fsp3) is 0.375. The Kier molecular flexibility index (Phi) is 6.48. The number of halogens is 3. The summed E-state index contributed by atoms with van der Waals surface area (Å²) in [5, 5.41) is 2.94. The largest absolute Gasteiger partial charge is 0.493 e. The Morgan fingerprint density at radius 2 is 1.97 bits per heavy atom. The van der Waals surface area contributed by atoms with Crippen LogP contribution in [0.3, 0.4) is 0 Å². The maximum absolute atomic E-state index is 13.8. The molecule has 0 saturated carbocycles. The van der Waals surface area contributed by atoms with Crippen molar-refractivity contribution in [3.05, 3.63) is 52.4 Å². The molecule has 7 nitrogen and oxygen atoms in total. The molecule has 0 spiro atoms. The molecule has 3 heterocycles. The number of benzene rings is 1. The van der Waals surface area contributed by atoms with Gasteiger partial charge in [-0.15, -0.1) is 13.2 Å². The van der Waals surface area contributed by atoms with Gasteiger partial charge >= 0.3 is 6.30 Å². The number of likely N-dealkylation sites (N-methyl/N-ethyl adjacent to an activating group) is 1. The van der Waals surface area contributed by atoms with E-state index in [2.05, 4.69) is 32.0 Å². The number of alkyl halides is 3. The zero-order valence-electron chi connectivity index (χ0n) is 19.0. The summed E-state index contributed by atoms with van der Waals surface area (Å²) in [7, 11) is 2.04. The van der Waals surface area contributed by atoms with Crippen LogP contribution >= 0.6 is 0 Å². The summed E-state index contributed by atoms with van der Waals surface area (Å²) < 4.78 is 47.0. The number of likely N-dealkylation sites (tertiary alicyclic amines) is 1. The highest BCUT2D eigenvalue weighted by atomic mass is 19.4. The molecule has 2 aromatic heterocycles. The molecule has 10 heteroatoms. The molecule has 178 valence electrons. The van der Waals surface area contributed by atoms with Crippen molar-refractivity contribution >= 4 is 22.7 Å². The molecule has 1 saturated heterocycles. The quantitative estimate of drug-likeness (QED) is 0.578. The van der Waals surface area contributed by atoms with Crippen LogP contribution in [0.2, 0.25) is 0 Å². The molecule has 4 rings (SSSR count). The Morgan fingerprint density at radius 3 is 2.59 bits per heavy atom. The van der Waals surface area contributed by atoms with E-state index in [0.29, 0.717) is 11.4 Å². The normalized spacial score (nSPS) is 16.5. The number of pyridine rings is 1.